The van der Waals surface area contributed by atoms with Crippen molar-refractivity contribution in [2.24, 2.45) is 12.5 Å². The van der Waals surface area contributed by atoms with Crippen molar-refractivity contribution < 1.29 is 4.79 Å². The molecule has 0 aliphatic heterocycles. The fourth-order valence-electron chi connectivity index (χ4n) is 1.88. The number of amides is 1. The molecule has 1 heterocycles. The lowest BCUT2D eigenvalue weighted by atomic mass is 10.1. The normalized spacial score (nSPS) is 16.9. The minimum Gasteiger partial charge on any atom is -0.351 e. The van der Waals surface area contributed by atoms with Gasteiger partial charge in [0, 0.05) is 31.1 Å². The number of rotatable bonds is 5. The van der Waals surface area contributed by atoms with Crippen LogP contribution in [0.3, 0.4) is 0 Å². The van der Waals surface area contributed by atoms with Crippen LogP contribution in [-0.2, 0) is 13.5 Å². The summed E-state index contributed by atoms with van der Waals surface area (Å²) >= 11 is 5.88. The van der Waals surface area contributed by atoms with Crippen LogP contribution in [0.15, 0.2) is 6.20 Å². The summed E-state index contributed by atoms with van der Waals surface area (Å²) in [6.45, 7) is 2.67. The van der Waals surface area contributed by atoms with Crippen LogP contribution >= 0.6 is 11.6 Å². The van der Waals surface area contributed by atoms with E-state index in [-0.39, 0.29) is 11.3 Å². The van der Waals surface area contributed by atoms with E-state index in [1.54, 1.807) is 10.9 Å². The first-order valence-electron chi connectivity index (χ1n) is 5.97. The largest absolute Gasteiger partial charge is 0.351 e. The molecule has 0 unspecified atom stereocenters. The van der Waals surface area contributed by atoms with E-state index in [2.05, 4.69) is 10.4 Å². The number of carbonyl (C=O) groups is 1. The minimum atomic E-state index is -0.0358. The van der Waals surface area contributed by atoms with Crippen molar-refractivity contribution in [3.8, 4) is 0 Å². The number of halogens is 1. The Kier molecular flexibility index (Phi) is 3.43. The van der Waals surface area contributed by atoms with Gasteiger partial charge >= 0.3 is 0 Å². The Morgan fingerprint density at radius 1 is 1.65 bits per heavy atom. The number of hydrogen-bond donors (Lipinski definition) is 1. The quantitative estimate of drug-likeness (QED) is 0.815. The number of carbonyl (C=O) groups excluding carboxylic acids is 1. The third-order valence-corrected chi connectivity index (χ3v) is 3.92. The topological polar surface area (TPSA) is 46.9 Å². The average Bonchev–Trinajstić information content (AvgIpc) is 3.02. The highest BCUT2D eigenvalue weighted by molar-refractivity contribution is 6.18. The molecule has 0 saturated heterocycles. The van der Waals surface area contributed by atoms with E-state index in [9.17, 15) is 4.79 Å². The van der Waals surface area contributed by atoms with Gasteiger partial charge in [-0.3, -0.25) is 9.48 Å². The molecule has 1 amide bonds. The van der Waals surface area contributed by atoms with Crippen LogP contribution in [0.4, 0.5) is 0 Å². The van der Waals surface area contributed by atoms with Gasteiger partial charge in [0.1, 0.15) is 0 Å². The highest BCUT2D eigenvalue weighted by atomic mass is 35.5. The van der Waals surface area contributed by atoms with Gasteiger partial charge in [-0.2, -0.15) is 5.10 Å². The Balaban J connectivity index is 1.99. The van der Waals surface area contributed by atoms with E-state index >= 15 is 0 Å². The number of alkyl halides is 1. The van der Waals surface area contributed by atoms with Gasteiger partial charge in [-0.1, -0.05) is 6.92 Å². The Bertz CT molecular complexity index is 423. The Labute approximate surface area is 106 Å². The summed E-state index contributed by atoms with van der Waals surface area (Å²) in [6, 6.07) is 0. The second-order valence-corrected chi connectivity index (χ2v) is 5.10. The molecule has 94 valence electrons. The van der Waals surface area contributed by atoms with Gasteiger partial charge in [-0.25, -0.2) is 0 Å². The molecule has 0 spiro atoms. The third-order valence-electron chi connectivity index (χ3n) is 3.35. The van der Waals surface area contributed by atoms with Gasteiger partial charge in [0.15, 0.2) is 0 Å². The molecular formula is C12H18ClN3O. The zero-order valence-electron chi connectivity index (χ0n) is 10.3. The number of nitrogens with zero attached hydrogens (tertiary/aromatic N) is 2. The highest BCUT2D eigenvalue weighted by Gasteiger charge is 2.41. The fourth-order valence-corrected chi connectivity index (χ4v) is 2.24. The molecule has 1 aliphatic rings. The molecule has 1 saturated carbocycles. The van der Waals surface area contributed by atoms with E-state index in [0.29, 0.717) is 18.0 Å². The van der Waals surface area contributed by atoms with Crippen molar-refractivity contribution in [2.75, 3.05) is 12.4 Å². The van der Waals surface area contributed by atoms with E-state index in [0.717, 1.165) is 25.0 Å². The standard InChI is InChI=1S/C12H18ClN3O/c1-3-10-9(6-16(2)15-10)11(17)14-8-12(7-13)4-5-12/h6H,3-5,7-8H2,1-2H3,(H,14,17). The summed E-state index contributed by atoms with van der Waals surface area (Å²) in [6.07, 6.45) is 4.77. The first-order valence-corrected chi connectivity index (χ1v) is 6.50. The molecule has 1 aliphatic carbocycles. The van der Waals surface area contributed by atoms with Gasteiger partial charge in [-0.15, -0.1) is 11.6 Å². The zero-order chi connectivity index (χ0) is 12.5. The van der Waals surface area contributed by atoms with Gasteiger partial charge in [0.05, 0.1) is 11.3 Å². The third kappa shape index (κ3) is 2.63. The van der Waals surface area contributed by atoms with Gasteiger partial charge in [0.2, 0.25) is 0 Å². The number of aryl methyl sites for hydroxylation is 2. The number of nitrogens with one attached hydrogen (secondary N) is 1. The predicted molar refractivity (Wildman–Crippen MR) is 67.3 cm³/mol. The van der Waals surface area contributed by atoms with Crippen molar-refractivity contribution in [1.82, 2.24) is 15.1 Å². The summed E-state index contributed by atoms with van der Waals surface area (Å²) in [4.78, 5) is 12.0. The zero-order valence-corrected chi connectivity index (χ0v) is 11.0. The van der Waals surface area contributed by atoms with Crippen LogP contribution in [0.1, 0.15) is 35.8 Å². The van der Waals surface area contributed by atoms with Crippen molar-refractivity contribution in [3.05, 3.63) is 17.5 Å². The second-order valence-electron chi connectivity index (χ2n) is 4.83. The smallest absolute Gasteiger partial charge is 0.254 e. The van der Waals surface area contributed by atoms with E-state index < -0.39 is 0 Å². The van der Waals surface area contributed by atoms with Gasteiger partial charge in [-0.05, 0) is 19.3 Å². The van der Waals surface area contributed by atoms with Gasteiger partial charge < -0.3 is 5.32 Å². The van der Waals surface area contributed by atoms with Crippen LogP contribution < -0.4 is 5.32 Å². The molecule has 1 aromatic rings. The molecule has 4 nitrogen and oxygen atoms in total. The Morgan fingerprint density at radius 3 is 2.88 bits per heavy atom. The lowest BCUT2D eigenvalue weighted by Gasteiger charge is -2.12. The Hall–Kier alpha value is -1.03. The van der Waals surface area contributed by atoms with Crippen LogP contribution in [0.2, 0.25) is 0 Å². The van der Waals surface area contributed by atoms with Crippen LogP contribution in [-0.4, -0.2) is 28.1 Å². The molecule has 1 fully saturated rings. The van der Waals surface area contributed by atoms with E-state index in [4.69, 9.17) is 11.6 Å². The number of aromatic nitrogens is 2. The summed E-state index contributed by atoms with van der Waals surface area (Å²) in [5, 5.41) is 7.22. The fraction of sp³-hybridized carbons (Fsp3) is 0.667. The first kappa shape index (κ1) is 12.4. The molecule has 0 atom stereocenters. The molecule has 2 rings (SSSR count). The summed E-state index contributed by atoms with van der Waals surface area (Å²) in [5.41, 5.74) is 1.69. The SMILES string of the molecule is CCc1nn(C)cc1C(=O)NCC1(CCl)CC1. The predicted octanol–water partition coefficient (Wildman–Crippen LogP) is 1.73. The maximum Gasteiger partial charge on any atom is 0.254 e. The van der Waals surface area contributed by atoms with Gasteiger partial charge in [0.25, 0.3) is 5.91 Å². The van der Waals surface area contributed by atoms with E-state index in [1.807, 2.05) is 14.0 Å². The molecule has 1 N–H and O–H groups in total. The number of hydrogen-bond acceptors (Lipinski definition) is 2. The van der Waals surface area contributed by atoms with E-state index in [1.165, 1.54) is 0 Å². The van der Waals surface area contributed by atoms with Crippen molar-refractivity contribution in [3.63, 3.8) is 0 Å². The average molecular weight is 256 g/mol. The molecule has 5 heteroatoms. The lowest BCUT2D eigenvalue weighted by Crippen LogP contribution is -2.31. The molecule has 0 bridgehead atoms. The van der Waals surface area contributed by atoms with Crippen LogP contribution in [0.5, 0.6) is 0 Å². The van der Waals surface area contributed by atoms with Crippen molar-refractivity contribution >= 4 is 17.5 Å². The Morgan fingerprint density at radius 2 is 2.35 bits per heavy atom. The van der Waals surface area contributed by atoms with Crippen molar-refractivity contribution in [1.29, 1.82) is 0 Å². The minimum absolute atomic E-state index is 0.0358. The van der Waals surface area contributed by atoms with Crippen molar-refractivity contribution in [2.45, 2.75) is 26.2 Å². The second kappa shape index (κ2) is 4.69. The maximum absolute atomic E-state index is 12.0. The maximum atomic E-state index is 12.0. The molecule has 17 heavy (non-hydrogen) atoms. The summed E-state index contributed by atoms with van der Waals surface area (Å²) < 4.78 is 1.68. The summed E-state index contributed by atoms with van der Waals surface area (Å²) in [5.74, 6) is 0.590. The summed E-state index contributed by atoms with van der Waals surface area (Å²) in [7, 11) is 1.83. The molecule has 0 aromatic carbocycles. The molecular weight excluding hydrogens is 238 g/mol. The molecule has 1 aromatic heterocycles. The highest BCUT2D eigenvalue weighted by Crippen LogP contribution is 2.45. The van der Waals surface area contributed by atoms with Crippen LogP contribution in [0.25, 0.3) is 0 Å². The van der Waals surface area contributed by atoms with Crippen LogP contribution in [0, 0.1) is 5.41 Å². The lowest BCUT2D eigenvalue weighted by molar-refractivity contribution is 0.0945. The monoisotopic (exact) mass is 255 g/mol. The first-order chi connectivity index (χ1) is 8.10. The molecule has 0 radical (unpaired) electrons.